The SMILES string of the molecule is CC(C)NC(=O)COc1ccc([C@@H](C)N)cc1F. The molecule has 0 fully saturated rings. The van der Waals surface area contributed by atoms with Crippen LogP contribution in [0.3, 0.4) is 0 Å². The third kappa shape index (κ3) is 4.33. The molecule has 0 bridgehead atoms. The lowest BCUT2D eigenvalue weighted by Gasteiger charge is -2.11. The number of ether oxygens (including phenoxy) is 1. The lowest BCUT2D eigenvalue weighted by molar-refractivity contribution is -0.123. The van der Waals surface area contributed by atoms with Gasteiger partial charge >= 0.3 is 0 Å². The molecule has 0 heterocycles. The van der Waals surface area contributed by atoms with E-state index in [2.05, 4.69) is 5.32 Å². The number of rotatable bonds is 5. The molecule has 0 radical (unpaired) electrons. The first-order valence-corrected chi connectivity index (χ1v) is 5.87. The minimum Gasteiger partial charge on any atom is -0.481 e. The van der Waals surface area contributed by atoms with Gasteiger partial charge in [0.05, 0.1) is 0 Å². The number of carbonyl (C=O) groups excluding carboxylic acids is 1. The molecule has 0 aromatic heterocycles. The Kier molecular flexibility index (Phi) is 5.09. The zero-order chi connectivity index (χ0) is 13.7. The van der Waals surface area contributed by atoms with Crippen molar-refractivity contribution in [2.24, 2.45) is 5.73 Å². The van der Waals surface area contributed by atoms with Crippen LogP contribution in [0.15, 0.2) is 18.2 Å². The molecule has 5 heteroatoms. The lowest BCUT2D eigenvalue weighted by atomic mass is 10.1. The largest absolute Gasteiger partial charge is 0.481 e. The fraction of sp³-hybridized carbons (Fsp3) is 0.462. The smallest absolute Gasteiger partial charge is 0.258 e. The summed E-state index contributed by atoms with van der Waals surface area (Å²) >= 11 is 0. The van der Waals surface area contributed by atoms with E-state index in [4.69, 9.17) is 10.5 Å². The summed E-state index contributed by atoms with van der Waals surface area (Å²) in [6.07, 6.45) is 0. The van der Waals surface area contributed by atoms with Crippen LogP contribution in [0.25, 0.3) is 0 Å². The Morgan fingerprint density at radius 3 is 2.61 bits per heavy atom. The summed E-state index contributed by atoms with van der Waals surface area (Å²) in [5.74, 6) is -0.735. The highest BCUT2D eigenvalue weighted by Gasteiger charge is 2.09. The Morgan fingerprint density at radius 1 is 1.44 bits per heavy atom. The summed E-state index contributed by atoms with van der Waals surface area (Å²) in [5.41, 5.74) is 6.32. The molecule has 0 spiro atoms. The summed E-state index contributed by atoms with van der Waals surface area (Å²) in [7, 11) is 0. The van der Waals surface area contributed by atoms with E-state index in [1.807, 2.05) is 13.8 Å². The maximum atomic E-state index is 13.6. The Balaban J connectivity index is 2.60. The van der Waals surface area contributed by atoms with Gasteiger partial charge in [-0.2, -0.15) is 0 Å². The van der Waals surface area contributed by atoms with Crippen LogP contribution >= 0.6 is 0 Å². The van der Waals surface area contributed by atoms with Crippen LogP contribution in [0.2, 0.25) is 0 Å². The van der Waals surface area contributed by atoms with Gasteiger partial charge in [-0.05, 0) is 38.5 Å². The number of nitrogens with one attached hydrogen (secondary N) is 1. The maximum absolute atomic E-state index is 13.6. The van der Waals surface area contributed by atoms with E-state index in [1.54, 1.807) is 13.0 Å². The minimum atomic E-state index is -0.512. The number of nitrogens with two attached hydrogens (primary N) is 1. The number of halogens is 1. The molecule has 1 aromatic carbocycles. The standard InChI is InChI=1S/C13H19FN2O2/c1-8(2)16-13(17)7-18-12-5-4-10(9(3)15)6-11(12)14/h4-6,8-9H,7,15H2,1-3H3,(H,16,17)/t9-/m1/s1. The van der Waals surface area contributed by atoms with Crippen molar-refractivity contribution >= 4 is 5.91 Å². The van der Waals surface area contributed by atoms with E-state index in [0.29, 0.717) is 5.56 Å². The third-order valence-corrected chi connectivity index (χ3v) is 2.29. The molecule has 0 saturated carbocycles. The number of hydrogen-bond acceptors (Lipinski definition) is 3. The third-order valence-electron chi connectivity index (χ3n) is 2.29. The molecule has 1 aromatic rings. The molecule has 4 nitrogen and oxygen atoms in total. The van der Waals surface area contributed by atoms with Crippen molar-refractivity contribution in [3.63, 3.8) is 0 Å². The normalized spacial score (nSPS) is 12.3. The van der Waals surface area contributed by atoms with Crippen LogP contribution in [0, 0.1) is 5.82 Å². The first-order chi connectivity index (χ1) is 8.40. The molecule has 1 atom stereocenters. The van der Waals surface area contributed by atoms with Crippen LogP contribution in [-0.4, -0.2) is 18.6 Å². The van der Waals surface area contributed by atoms with Gasteiger partial charge in [0, 0.05) is 12.1 Å². The fourth-order valence-electron chi connectivity index (χ4n) is 1.42. The first-order valence-electron chi connectivity index (χ1n) is 5.87. The van der Waals surface area contributed by atoms with Crippen LogP contribution in [0.1, 0.15) is 32.4 Å². The zero-order valence-electron chi connectivity index (χ0n) is 10.9. The highest BCUT2D eigenvalue weighted by atomic mass is 19.1. The molecule has 0 saturated heterocycles. The minimum absolute atomic E-state index is 0.0337. The molecular weight excluding hydrogens is 235 g/mol. The predicted octanol–water partition coefficient (Wildman–Crippen LogP) is 1.75. The molecular formula is C13H19FN2O2. The number of amides is 1. The maximum Gasteiger partial charge on any atom is 0.258 e. The summed E-state index contributed by atoms with van der Waals surface area (Å²) in [4.78, 5) is 11.3. The number of carbonyl (C=O) groups is 1. The lowest BCUT2D eigenvalue weighted by Crippen LogP contribution is -2.34. The molecule has 1 amide bonds. The second kappa shape index (κ2) is 6.35. The van der Waals surface area contributed by atoms with Crippen molar-refractivity contribution in [1.29, 1.82) is 0 Å². The van der Waals surface area contributed by atoms with Gasteiger partial charge in [-0.25, -0.2) is 4.39 Å². The Bertz CT molecular complexity index is 419. The van der Waals surface area contributed by atoms with E-state index in [9.17, 15) is 9.18 Å². The molecule has 0 aliphatic heterocycles. The van der Waals surface area contributed by atoms with Crippen LogP contribution in [0.5, 0.6) is 5.75 Å². The van der Waals surface area contributed by atoms with Gasteiger partial charge < -0.3 is 15.8 Å². The van der Waals surface area contributed by atoms with Gasteiger partial charge in [0.15, 0.2) is 18.2 Å². The van der Waals surface area contributed by atoms with E-state index >= 15 is 0 Å². The number of hydrogen-bond donors (Lipinski definition) is 2. The first kappa shape index (κ1) is 14.4. The predicted molar refractivity (Wildman–Crippen MR) is 67.8 cm³/mol. The van der Waals surface area contributed by atoms with Gasteiger partial charge in [-0.3, -0.25) is 4.79 Å². The van der Waals surface area contributed by atoms with E-state index in [-0.39, 0.29) is 30.3 Å². The Hall–Kier alpha value is -1.62. The molecule has 1 rings (SSSR count). The Labute approximate surface area is 106 Å². The van der Waals surface area contributed by atoms with Crippen molar-refractivity contribution in [2.75, 3.05) is 6.61 Å². The van der Waals surface area contributed by atoms with Crippen molar-refractivity contribution in [3.8, 4) is 5.75 Å². The van der Waals surface area contributed by atoms with E-state index < -0.39 is 5.82 Å². The second-order valence-electron chi connectivity index (χ2n) is 4.49. The topological polar surface area (TPSA) is 64.3 Å². The molecule has 18 heavy (non-hydrogen) atoms. The van der Waals surface area contributed by atoms with Crippen molar-refractivity contribution < 1.29 is 13.9 Å². The van der Waals surface area contributed by atoms with Crippen molar-refractivity contribution in [3.05, 3.63) is 29.6 Å². The highest BCUT2D eigenvalue weighted by Crippen LogP contribution is 2.20. The van der Waals surface area contributed by atoms with Gasteiger partial charge in [-0.15, -0.1) is 0 Å². The fourth-order valence-corrected chi connectivity index (χ4v) is 1.42. The molecule has 0 aliphatic rings. The monoisotopic (exact) mass is 254 g/mol. The quantitative estimate of drug-likeness (QED) is 0.841. The highest BCUT2D eigenvalue weighted by molar-refractivity contribution is 5.77. The summed E-state index contributed by atoms with van der Waals surface area (Å²) in [5, 5.41) is 2.66. The van der Waals surface area contributed by atoms with Crippen LogP contribution < -0.4 is 15.8 Å². The molecule has 100 valence electrons. The number of benzene rings is 1. The van der Waals surface area contributed by atoms with Gasteiger partial charge in [-0.1, -0.05) is 6.07 Å². The average Bonchev–Trinajstić information content (AvgIpc) is 2.26. The van der Waals surface area contributed by atoms with Gasteiger partial charge in [0.25, 0.3) is 5.91 Å². The zero-order valence-corrected chi connectivity index (χ0v) is 10.9. The van der Waals surface area contributed by atoms with Crippen LogP contribution in [0.4, 0.5) is 4.39 Å². The van der Waals surface area contributed by atoms with Crippen molar-refractivity contribution in [1.82, 2.24) is 5.32 Å². The van der Waals surface area contributed by atoms with Gasteiger partial charge in [0.1, 0.15) is 0 Å². The summed E-state index contributed by atoms with van der Waals surface area (Å²) in [6, 6.07) is 4.28. The average molecular weight is 254 g/mol. The summed E-state index contributed by atoms with van der Waals surface area (Å²) in [6.45, 7) is 5.25. The molecule has 0 unspecified atom stereocenters. The van der Waals surface area contributed by atoms with Crippen LogP contribution in [-0.2, 0) is 4.79 Å². The Morgan fingerprint density at radius 2 is 2.11 bits per heavy atom. The summed E-state index contributed by atoms with van der Waals surface area (Å²) < 4.78 is 18.7. The van der Waals surface area contributed by atoms with E-state index in [0.717, 1.165) is 0 Å². The van der Waals surface area contributed by atoms with Gasteiger partial charge in [0.2, 0.25) is 0 Å². The second-order valence-corrected chi connectivity index (χ2v) is 4.49. The van der Waals surface area contributed by atoms with Crippen molar-refractivity contribution in [2.45, 2.75) is 32.9 Å². The molecule has 0 aliphatic carbocycles. The van der Waals surface area contributed by atoms with E-state index in [1.165, 1.54) is 12.1 Å². The molecule has 3 N–H and O–H groups in total.